The van der Waals surface area contributed by atoms with Crippen molar-refractivity contribution < 1.29 is 4.79 Å². The standard InChI is InChI=1S/C10H8O/c11-10-6-5-8-3-1-2-4-9(8)7-10/h1-4H,5-6H2. The van der Waals surface area contributed by atoms with Crippen LogP contribution in [0, 0.1) is 6.42 Å². The van der Waals surface area contributed by atoms with E-state index in [0.717, 1.165) is 12.0 Å². The lowest BCUT2D eigenvalue weighted by molar-refractivity contribution is -0.115. The van der Waals surface area contributed by atoms with Crippen LogP contribution in [0.1, 0.15) is 17.5 Å². The van der Waals surface area contributed by atoms with Gasteiger partial charge in [-0.3, -0.25) is 4.79 Å². The molecule has 0 fully saturated rings. The summed E-state index contributed by atoms with van der Waals surface area (Å²) < 4.78 is 0. The Hall–Kier alpha value is -1.11. The van der Waals surface area contributed by atoms with E-state index >= 15 is 0 Å². The molecule has 1 aromatic carbocycles. The average molecular weight is 144 g/mol. The summed E-state index contributed by atoms with van der Waals surface area (Å²) in [5, 5.41) is 0. The highest BCUT2D eigenvalue weighted by atomic mass is 16.1. The van der Waals surface area contributed by atoms with E-state index in [2.05, 4.69) is 12.5 Å². The molecule has 1 aromatic rings. The van der Waals surface area contributed by atoms with Gasteiger partial charge in [-0.15, -0.1) is 0 Å². The van der Waals surface area contributed by atoms with E-state index in [9.17, 15) is 4.79 Å². The Bertz CT molecular complexity index is 289. The minimum atomic E-state index is 0.128. The van der Waals surface area contributed by atoms with Gasteiger partial charge in [-0.25, -0.2) is 0 Å². The fourth-order valence-electron chi connectivity index (χ4n) is 1.32. The molecule has 11 heavy (non-hydrogen) atoms. The zero-order valence-electron chi connectivity index (χ0n) is 6.13. The van der Waals surface area contributed by atoms with Crippen LogP contribution in [0.2, 0.25) is 0 Å². The largest absolute Gasteiger partial charge is 0.299 e. The second kappa shape index (κ2) is 2.50. The highest BCUT2D eigenvalue weighted by Crippen LogP contribution is 2.19. The van der Waals surface area contributed by atoms with Crippen LogP contribution >= 0.6 is 0 Å². The summed E-state index contributed by atoms with van der Waals surface area (Å²) >= 11 is 0. The Labute approximate surface area is 66.0 Å². The van der Waals surface area contributed by atoms with Gasteiger partial charge in [0.1, 0.15) is 5.78 Å². The zero-order chi connectivity index (χ0) is 7.68. The smallest absolute Gasteiger partial charge is 0.146 e. The molecule has 0 amide bonds. The Kier molecular flexibility index (Phi) is 1.50. The third-order valence-electron chi connectivity index (χ3n) is 1.91. The predicted molar refractivity (Wildman–Crippen MR) is 42.1 cm³/mol. The van der Waals surface area contributed by atoms with Gasteiger partial charge in [-0.2, -0.15) is 0 Å². The van der Waals surface area contributed by atoms with Crippen molar-refractivity contribution in [2.75, 3.05) is 0 Å². The number of benzene rings is 1. The maximum absolute atomic E-state index is 10.9. The number of hydrogen-bond acceptors (Lipinski definition) is 1. The first-order chi connectivity index (χ1) is 5.36. The van der Waals surface area contributed by atoms with E-state index in [4.69, 9.17) is 0 Å². The maximum Gasteiger partial charge on any atom is 0.146 e. The van der Waals surface area contributed by atoms with Gasteiger partial charge in [0.2, 0.25) is 0 Å². The molecule has 1 nitrogen and oxygen atoms in total. The SMILES string of the molecule is O=C1[C]c2ccccc2CC1. The van der Waals surface area contributed by atoms with Gasteiger partial charge >= 0.3 is 0 Å². The summed E-state index contributed by atoms with van der Waals surface area (Å²) in [6.07, 6.45) is 4.32. The summed E-state index contributed by atoms with van der Waals surface area (Å²) in [5.41, 5.74) is 2.22. The molecule has 0 atom stereocenters. The van der Waals surface area contributed by atoms with Crippen LogP contribution in [-0.2, 0) is 11.2 Å². The number of aryl methyl sites for hydroxylation is 1. The number of rotatable bonds is 0. The summed E-state index contributed by atoms with van der Waals surface area (Å²) in [6, 6.07) is 7.92. The molecule has 0 unspecified atom stereocenters. The fourth-order valence-corrected chi connectivity index (χ4v) is 1.32. The van der Waals surface area contributed by atoms with E-state index in [1.807, 2.05) is 18.2 Å². The highest BCUT2D eigenvalue weighted by Gasteiger charge is 2.14. The maximum atomic E-state index is 10.9. The van der Waals surface area contributed by atoms with Crippen LogP contribution in [0.5, 0.6) is 0 Å². The van der Waals surface area contributed by atoms with Crippen LogP contribution < -0.4 is 0 Å². The molecule has 0 bridgehead atoms. The highest BCUT2D eigenvalue weighted by molar-refractivity contribution is 5.92. The van der Waals surface area contributed by atoms with Crippen LogP contribution in [0.4, 0.5) is 0 Å². The van der Waals surface area contributed by atoms with Crippen molar-refractivity contribution in [1.82, 2.24) is 0 Å². The first-order valence-electron chi connectivity index (χ1n) is 3.74. The molecule has 0 aliphatic heterocycles. The van der Waals surface area contributed by atoms with Gasteiger partial charge in [-0.05, 0) is 17.5 Å². The predicted octanol–water partition coefficient (Wildman–Crippen LogP) is 1.63. The van der Waals surface area contributed by atoms with E-state index in [1.165, 1.54) is 5.56 Å². The van der Waals surface area contributed by atoms with Crippen molar-refractivity contribution in [2.24, 2.45) is 0 Å². The number of carbonyl (C=O) groups is 1. The molecule has 1 aliphatic rings. The Morgan fingerprint density at radius 2 is 2.00 bits per heavy atom. The number of carbonyl (C=O) groups excluding carboxylic acids is 1. The molecular weight excluding hydrogens is 136 g/mol. The lowest BCUT2D eigenvalue weighted by Crippen LogP contribution is -2.10. The summed E-state index contributed by atoms with van der Waals surface area (Å²) in [7, 11) is 0. The number of hydrogen-bond donors (Lipinski definition) is 0. The minimum absolute atomic E-state index is 0.128. The molecule has 0 spiro atoms. The van der Waals surface area contributed by atoms with Crippen LogP contribution in [0.25, 0.3) is 0 Å². The molecule has 1 aliphatic carbocycles. The first-order valence-corrected chi connectivity index (χ1v) is 3.74. The second-order valence-corrected chi connectivity index (χ2v) is 2.71. The minimum Gasteiger partial charge on any atom is -0.299 e. The molecular formula is C10H8O. The molecule has 0 aromatic heterocycles. The molecule has 54 valence electrons. The van der Waals surface area contributed by atoms with Crippen molar-refractivity contribution in [3.05, 3.63) is 41.8 Å². The van der Waals surface area contributed by atoms with Crippen molar-refractivity contribution in [1.29, 1.82) is 0 Å². The van der Waals surface area contributed by atoms with Gasteiger partial charge in [0.05, 0.1) is 6.42 Å². The van der Waals surface area contributed by atoms with Gasteiger partial charge in [0.25, 0.3) is 0 Å². The quantitative estimate of drug-likeness (QED) is 0.541. The molecule has 2 radical (unpaired) electrons. The Morgan fingerprint density at radius 3 is 2.91 bits per heavy atom. The Morgan fingerprint density at radius 1 is 1.18 bits per heavy atom. The molecule has 0 heterocycles. The normalized spacial score (nSPS) is 16.2. The second-order valence-electron chi connectivity index (χ2n) is 2.71. The van der Waals surface area contributed by atoms with Gasteiger partial charge < -0.3 is 0 Å². The van der Waals surface area contributed by atoms with E-state index in [1.54, 1.807) is 0 Å². The number of ketones is 1. The van der Waals surface area contributed by atoms with Crippen LogP contribution in [0.15, 0.2) is 24.3 Å². The molecule has 2 rings (SSSR count). The summed E-state index contributed by atoms with van der Waals surface area (Å²) in [4.78, 5) is 10.9. The Balaban J connectivity index is 2.41. The van der Waals surface area contributed by atoms with Crippen molar-refractivity contribution >= 4 is 5.78 Å². The lowest BCUT2D eigenvalue weighted by atomic mass is 9.91. The average Bonchev–Trinajstić information content (AvgIpc) is 2.04. The monoisotopic (exact) mass is 144 g/mol. The third kappa shape index (κ3) is 1.18. The van der Waals surface area contributed by atoms with E-state index in [0.29, 0.717) is 6.42 Å². The lowest BCUT2D eigenvalue weighted by Gasteiger charge is -2.12. The van der Waals surface area contributed by atoms with Crippen molar-refractivity contribution in [3.8, 4) is 0 Å². The third-order valence-corrected chi connectivity index (χ3v) is 1.91. The van der Waals surface area contributed by atoms with E-state index < -0.39 is 0 Å². The zero-order valence-corrected chi connectivity index (χ0v) is 6.13. The van der Waals surface area contributed by atoms with Gasteiger partial charge in [0, 0.05) is 6.42 Å². The summed E-state index contributed by atoms with van der Waals surface area (Å²) in [5.74, 6) is 0.128. The number of Topliss-reactive ketones (excluding diaryl/α,β-unsaturated/α-hetero) is 1. The molecule has 0 N–H and O–H groups in total. The molecule has 1 heteroatoms. The fraction of sp³-hybridized carbons (Fsp3) is 0.200. The van der Waals surface area contributed by atoms with Gasteiger partial charge in [-0.1, -0.05) is 24.3 Å². The molecule has 0 saturated carbocycles. The first kappa shape index (κ1) is 6.59. The van der Waals surface area contributed by atoms with Gasteiger partial charge in [0.15, 0.2) is 0 Å². The summed E-state index contributed by atoms with van der Waals surface area (Å²) in [6.45, 7) is 0. The van der Waals surface area contributed by atoms with Crippen LogP contribution in [0.3, 0.4) is 0 Å². The van der Waals surface area contributed by atoms with E-state index in [-0.39, 0.29) is 5.78 Å². The van der Waals surface area contributed by atoms with Crippen molar-refractivity contribution in [2.45, 2.75) is 12.8 Å². The molecule has 0 saturated heterocycles. The van der Waals surface area contributed by atoms with Crippen LogP contribution in [-0.4, -0.2) is 5.78 Å². The number of fused-ring (bicyclic) bond motifs is 1. The topological polar surface area (TPSA) is 17.1 Å². The van der Waals surface area contributed by atoms with Crippen molar-refractivity contribution in [3.63, 3.8) is 0 Å².